The van der Waals surface area contributed by atoms with Crippen LogP contribution in [-0.2, 0) is 4.74 Å². The van der Waals surface area contributed by atoms with Gasteiger partial charge in [-0.2, -0.15) is 4.52 Å². The molecule has 0 radical (unpaired) electrons. The lowest BCUT2D eigenvalue weighted by Crippen LogP contribution is -2.51. The van der Waals surface area contributed by atoms with E-state index in [0.717, 1.165) is 56.7 Å². The SMILES string of the molecule is Cc1nnc2ccc(N3CCN(C4CCOCC4)CC3)nn12. The number of ether oxygens (including phenoxy) is 1. The smallest absolute Gasteiger partial charge is 0.178 e. The summed E-state index contributed by atoms with van der Waals surface area (Å²) in [6.07, 6.45) is 2.34. The number of anilines is 1. The standard InChI is InChI=1S/C15H22N6O/c1-12-16-17-14-2-3-15(18-21(12)14)20-8-6-19(7-9-20)13-4-10-22-11-5-13/h2-3,13H,4-11H2,1H3. The second-order valence-electron chi connectivity index (χ2n) is 6.08. The van der Waals surface area contributed by atoms with Crippen LogP contribution in [0.4, 0.5) is 5.82 Å². The largest absolute Gasteiger partial charge is 0.381 e. The van der Waals surface area contributed by atoms with Crippen LogP contribution in [0.3, 0.4) is 0 Å². The fraction of sp³-hybridized carbons (Fsp3) is 0.667. The summed E-state index contributed by atoms with van der Waals surface area (Å²) in [4.78, 5) is 4.97. The highest BCUT2D eigenvalue weighted by Crippen LogP contribution is 2.19. The van der Waals surface area contributed by atoms with Crippen molar-refractivity contribution in [3.8, 4) is 0 Å². The molecule has 0 saturated carbocycles. The van der Waals surface area contributed by atoms with Gasteiger partial charge >= 0.3 is 0 Å². The Kier molecular flexibility index (Phi) is 3.67. The predicted molar refractivity (Wildman–Crippen MR) is 83.1 cm³/mol. The van der Waals surface area contributed by atoms with Crippen LogP contribution in [0.1, 0.15) is 18.7 Å². The van der Waals surface area contributed by atoms with Crippen LogP contribution in [0.25, 0.3) is 5.65 Å². The molecule has 118 valence electrons. The molecule has 2 fully saturated rings. The quantitative estimate of drug-likeness (QED) is 0.815. The van der Waals surface area contributed by atoms with Crippen LogP contribution in [0.15, 0.2) is 12.1 Å². The van der Waals surface area contributed by atoms with Crippen molar-refractivity contribution in [1.29, 1.82) is 0 Å². The lowest BCUT2D eigenvalue weighted by atomic mass is 10.1. The molecule has 7 nitrogen and oxygen atoms in total. The van der Waals surface area contributed by atoms with Crippen LogP contribution in [0, 0.1) is 6.92 Å². The third-order valence-corrected chi connectivity index (χ3v) is 4.75. The third kappa shape index (κ3) is 2.55. The third-order valence-electron chi connectivity index (χ3n) is 4.75. The molecule has 2 aromatic heterocycles. The van der Waals surface area contributed by atoms with Crippen LogP contribution in [0.2, 0.25) is 0 Å². The first kappa shape index (κ1) is 13.9. The zero-order chi connectivity index (χ0) is 14.9. The van der Waals surface area contributed by atoms with E-state index < -0.39 is 0 Å². The van der Waals surface area contributed by atoms with Gasteiger partial charge in [-0.1, -0.05) is 0 Å². The highest BCUT2D eigenvalue weighted by atomic mass is 16.5. The molecule has 7 heteroatoms. The molecule has 2 aliphatic heterocycles. The van der Waals surface area contributed by atoms with E-state index >= 15 is 0 Å². The number of piperazine rings is 1. The molecule has 2 saturated heterocycles. The van der Waals surface area contributed by atoms with Crippen LogP contribution in [0.5, 0.6) is 0 Å². The van der Waals surface area contributed by atoms with E-state index in [9.17, 15) is 0 Å². The first-order valence-corrected chi connectivity index (χ1v) is 8.07. The summed E-state index contributed by atoms with van der Waals surface area (Å²) in [5.41, 5.74) is 0.807. The Balaban J connectivity index is 1.44. The number of rotatable bonds is 2. The minimum atomic E-state index is 0.700. The predicted octanol–water partition coefficient (Wildman–Crippen LogP) is 0.734. The summed E-state index contributed by atoms with van der Waals surface area (Å²) in [5.74, 6) is 1.85. The number of fused-ring (bicyclic) bond motifs is 1. The minimum absolute atomic E-state index is 0.700. The summed E-state index contributed by atoms with van der Waals surface area (Å²) in [5, 5.41) is 12.8. The average molecular weight is 302 g/mol. The molecule has 2 aromatic rings. The zero-order valence-corrected chi connectivity index (χ0v) is 13.0. The Bertz CT molecular complexity index is 643. The lowest BCUT2D eigenvalue weighted by molar-refractivity contribution is 0.0321. The number of hydrogen-bond donors (Lipinski definition) is 0. The molecular weight excluding hydrogens is 280 g/mol. The summed E-state index contributed by atoms with van der Waals surface area (Å²) < 4.78 is 7.28. The molecule has 0 aromatic carbocycles. The molecule has 0 aliphatic carbocycles. The molecular formula is C15H22N6O. The average Bonchev–Trinajstić information content (AvgIpc) is 2.96. The topological polar surface area (TPSA) is 58.8 Å². The molecule has 22 heavy (non-hydrogen) atoms. The van der Waals surface area contributed by atoms with Gasteiger partial charge < -0.3 is 9.64 Å². The molecule has 0 atom stereocenters. The van der Waals surface area contributed by atoms with Crippen molar-refractivity contribution in [2.24, 2.45) is 0 Å². The van der Waals surface area contributed by atoms with Crippen molar-refractivity contribution in [2.45, 2.75) is 25.8 Å². The molecule has 0 amide bonds. The first-order valence-electron chi connectivity index (χ1n) is 8.07. The van der Waals surface area contributed by atoms with Gasteiger partial charge in [0.15, 0.2) is 11.5 Å². The molecule has 0 unspecified atom stereocenters. The van der Waals surface area contributed by atoms with Gasteiger partial charge in [0.1, 0.15) is 5.82 Å². The summed E-state index contributed by atoms with van der Waals surface area (Å²) in [6.45, 7) is 8.01. The molecule has 2 aliphatic rings. The van der Waals surface area contributed by atoms with Gasteiger partial charge in [0.25, 0.3) is 0 Å². The van der Waals surface area contributed by atoms with Crippen molar-refractivity contribution in [1.82, 2.24) is 24.7 Å². The number of hydrogen-bond acceptors (Lipinski definition) is 6. The molecule has 0 N–H and O–H groups in total. The maximum Gasteiger partial charge on any atom is 0.178 e. The van der Waals surface area contributed by atoms with Gasteiger partial charge in [-0.05, 0) is 31.9 Å². The van der Waals surface area contributed by atoms with Crippen molar-refractivity contribution in [3.63, 3.8) is 0 Å². The van der Waals surface area contributed by atoms with Gasteiger partial charge in [0.2, 0.25) is 0 Å². The van der Waals surface area contributed by atoms with E-state index in [0.29, 0.717) is 6.04 Å². The van der Waals surface area contributed by atoms with Gasteiger partial charge in [-0.15, -0.1) is 15.3 Å². The van der Waals surface area contributed by atoms with E-state index in [1.54, 1.807) is 0 Å². The van der Waals surface area contributed by atoms with Gasteiger partial charge in [0.05, 0.1) is 0 Å². The first-order chi connectivity index (χ1) is 10.8. The number of nitrogens with zero attached hydrogens (tertiary/aromatic N) is 6. The van der Waals surface area contributed by atoms with E-state index in [1.807, 2.05) is 23.6 Å². The summed E-state index contributed by atoms with van der Waals surface area (Å²) in [6, 6.07) is 4.74. The molecule has 4 heterocycles. The lowest BCUT2D eigenvalue weighted by Gasteiger charge is -2.40. The Hall–Kier alpha value is -1.73. The molecule has 0 spiro atoms. The maximum absolute atomic E-state index is 5.46. The van der Waals surface area contributed by atoms with E-state index in [2.05, 4.69) is 25.1 Å². The highest BCUT2D eigenvalue weighted by molar-refractivity contribution is 5.46. The van der Waals surface area contributed by atoms with Gasteiger partial charge in [-0.25, -0.2) is 0 Å². The monoisotopic (exact) mass is 302 g/mol. The molecule has 0 bridgehead atoms. The Labute approximate surface area is 129 Å². The van der Waals surface area contributed by atoms with E-state index in [1.165, 1.54) is 12.8 Å². The van der Waals surface area contributed by atoms with E-state index in [-0.39, 0.29) is 0 Å². The van der Waals surface area contributed by atoms with Crippen LogP contribution < -0.4 is 4.90 Å². The fourth-order valence-electron chi connectivity index (χ4n) is 3.42. The van der Waals surface area contributed by atoms with Crippen LogP contribution in [-0.4, -0.2) is 70.1 Å². The van der Waals surface area contributed by atoms with Gasteiger partial charge in [0, 0.05) is 45.4 Å². The maximum atomic E-state index is 5.46. The number of aromatic nitrogens is 4. The van der Waals surface area contributed by atoms with E-state index in [4.69, 9.17) is 4.74 Å². The number of aryl methyl sites for hydroxylation is 1. The Morgan fingerprint density at radius 2 is 1.82 bits per heavy atom. The summed E-state index contributed by atoms with van der Waals surface area (Å²) in [7, 11) is 0. The Morgan fingerprint density at radius 1 is 1.05 bits per heavy atom. The normalized spacial score (nSPS) is 21.6. The van der Waals surface area contributed by atoms with Gasteiger partial charge in [-0.3, -0.25) is 4.90 Å². The molecule has 4 rings (SSSR count). The second kappa shape index (κ2) is 5.81. The van der Waals surface area contributed by atoms with Crippen LogP contribution >= 0.6 is 0 Å². The van der Waals surface area contributed by atoms with Crippen molar-refractivity contribution in [2.75, 3.05) is 44.3 Å². The zero-order valence-electron chi connectivity index (χ0n) is 13.0. The van der Waals surface area contributed by atoms with Crippen molar-refractivity contribution < 1.29 is 4.74 Å². The summed E-state index contributed by atoms with van der Waals surface area (Å²) >= 11 is 0. The van der Waals surface area contributed by atoms with Crippen molar-refractivity contribution in [3.05, 3.63) is 18.0 Å². The second-order valence-corrected chi connectivity index (χ2v) is 6.08. The Morgan fingerprint density at radius 3 is 2.59 bits per heavy atom. The van der Waals surface area contributed by atoms with Crippen molar-refractivity contribution >= 4 is 11.5 Å². The fourth-order valence-corrected chi connectivity index (χ4v) is 3.42. The highest BCUT2D eigenvalue weighted by Gasteiger charge is 2.26. The minimum Gasteiger partial charge on any atom is -0.381 e.